The fourth-order valence-electron chi connectivity index (χ4n) is 1.31. The summed E-state index contributed by atoms with van der Waals surface area (Å²) >= 11 is 2.39. The molecule has 66 valence electrons. The third kappa shape index (κ3) is 1.92. The van der Waals surface area contributed by atoms with Crippen LogP contribution in [0.15, 0.2) is 24.3 Å². The molecule has 1 aliphatic rings. The fourth-order valence-corrected chi connectivity index (χ4v) is 2.08. The van der Waals surface area contributed by atoms with E-state index in [1.54, 1.807) is 0 Å². The molecule has 12 heavy (non-hydrogen) atoms. The molecule has 0 radical (unpaired) electrons. The molecule has 1 nitrogen and oxygen atoms in total. The first kappa shape index (κ1) is 10.3. The molecule has 2 rings (SSSR count). The summed E-state index contributed by atoms with van der Waals surface area (Å²) in [5, 5.41) is 3.40. The predicted molar refractivity (Wildman–Crippen MR) is 61.8 cm³/mol. The Balaban J connectivity index is 0.000000720. The first-order chi connectivity index (χ1) is 5.38. The van der Waals surface area contributed by atoms with Crippen molar-refractivity contribution in [3.05, 3.63) is 33.4 Å². The quantitative estimate of drug-likeness (QED) is 0.786. The van der Waals surface area contributed by atoms with E-state index in [-0.39, 0.29) is 12.4 Å². The Bertz CT molecular complexity index is 260. The van der Waals surface area contributed by atoms with Crippen LogP contribution in [0.4, 0.5) is 0 Å². The molecule has 0 amide bonds. The van der Waals surface area contributed by atoms with Crippen LogP contribution >= 0.6 is 35.0 Å². The Labute approximate surface area is 92.5 Å². The summed E-state index contributed by atoms with van der Waals surface area (Å²) in [6, 6.07) is 9.19. The lowest BCUT2D eigenvalue weighted by Crippen LogP contribution is -2.35. The number of hydrogen-bond acceptors (Lipinski definition) is 1. The van der Waals surface area contributed by atoms with Crippen LogP contribution in [0.25, 0.3) is 0 Å². The van der Waals surface area contributed by atoms with E-state index in [1.807, 2.05) is 0 Å². The fraction of sp³-hybridized carbons (Fsp3) is 0.333. The van der Waals surface area contributed by atoms with Crippen LogP contribution in [-0.2, 0) is 0 Å². The first-order valence-corrected chi connectivity index (χ1v) is 4.93. The van der Waals surface area contributed by atoms with Crippen molar-refractivity contribution in [3.8, 4) is 0 Å². The van der Waals surface area contributed by atoms with Gasteiger partial charge in [-0.2, -0.15) is 0 Å². The molecule has 1 saturated heterocycles. The summed E-state index contributed by atoms with van der Waals surface area (Å²) in [5.41, 5.74) is 1.46. The average Bonchev–Trinajstić information content (AvgIpc) is 1.90. The molecule has 0 unspecified atom stereocenters. The molecule has 0 aromatic heterocycles. The highest BCUT2D eigenvalue weighted by atomic mass is 127. The van der Waals surface area contributed by atoms with Crippen molar-refractivity contribution in [2.75, 3.05) is 6.54 Å². The summed E-state index contributed by atoms with van der Waals surface area (Å²) in [6.07, 6.45) is 1.29. The average molecular weight is 296 g/mol. The van der Waals surface area contributed by atoms with Gasteiger partial charge in [-0.15, -0.1) is 12.4 Å². The predicted octanol–water partition coefficient (Wildman–Crippen LogP) is 2.75. The Hall–Kier alpha value is 0.200. The van der Waals surface area contributed by atoms with Crippen molar-refractivity contribution in [1.82, 2.24) is 5.32 Å². The second-order valence-corrected chi connectivity index (χ2v) is 3.98. The Kier molecular flexibility index (Phi) is 3.80. The van der Waals surface area contributed by atoms with Crippen LogP contribution in [0, 0.1) is 3.57 Å². The van der Waals surface area contributed by atoms with Gasteiger partial charge >= 0.3 is 0 Å². The van der Waals surface area contributed by atoms with Gasteiger partial charge in [-0.25, -0.2) is 0 Å². The lowest BCUT2D eigenvalue weighted by atomic mass is 9.98. The van der Waals surface area contributed by atoms with Crippen molar-refractivity contribution < 1.29 is 0 Å². The molecule has 1 aromatic carbocycles. The highest BCUT2D eigenvalue weighted by Gasteiger charge is 2.19. The monoisotopic (exact) mass is 295 g/mol. The molecule has 1 aromatic rings. The largest absolute Gasteiger partial charge is 0.310 e. The van der Waals surface area contributed by atoms with E-state index in [2.05, 4.69) is 52.2 Å². The van der Waals surface area contributed by atoms with Gasteiger partial charge in [0.25, 0.3) is 0 Å². The van der Waals surface area contributed by atoms with Gasteiger partial charge in [-0.05, 0) is 47.2 Å². The minimum atomic E-state index is 0. The van der Waals surface area contributed by atoms with E-state index < -0.39 is 0 Å². The normalized spacial score (nSPS) is 20.9. The maximum Gasteiger partial charge on any atom is 0.0342 e. The van der Waals surface area contributed by atoms with E-state index in [9.17, 15) is 0 Å². The van der Waals surface area contributed by atoms with Crippen molar-refractivity contribution in [3.63, 3.8) is 0 Å². The summed E-state index contributed by atoms with van der Waals surface area (Å²) in [6.45, 7) is 1.18. The van der Waals surface area contributed by atoms with Crippen LogP contribution in [0.2, 0.25) is 0 Å². The van der Waals surface area contributed by atoms with Crippen molar-refractivity contribution in [2.24, 2.45) is 0 Å². The van der Waals surface area contributed by atoms with Crippen LogP contribution < -0.4 is 5.32 Å². The summed E-state index contributed by atoms with van der Waals surface area (Å²) < 4.78 is 1.38. The second kappa shape index (κ2) is 4.44. The third-order valence-electron chi connectivity index (χ3n) is 2.10. The standard InChI is InChI=1S/C9H10IN.ClH/c10-8-4-2-1-3-7(8)9-5-6-11-9;/h1-4,9,11H,5-6H2;1H/t9-;/m1./s1. The van der Waals surface area contributed by atoms with Crippen molar-refractivity contribution in [2.45, 2.75) is 12.5 Å². The van der Waals surface area contributed by atoms with Crippen molar-refractivity contribution >= 4 is 35.0 Å². The van der Waals surface area contributed by atoms with Gasteiger partial charge in [0, 0.05) is 9.61 Å². The van der Waals surface area contributed by atoms with Gasteiger partial charge in [0.15, 0.2) is 0 Å². The molecule has 1 heterocycles. The first-order valence-electron chi connectivity index (χ1n) is 3.86. The highest BCUT2D eigenvalue weighted by molar-refractivity contribution is 14.1. The molecule has 0 aliphatic carbocycles. The molecule has 1 fully saturated rings. The Morgan fingerprint density at radius 1 is 1.33 bits per heavy atom. The van der Waals surface area contributed by atoms with Crippen LogP contribution in [-0.4, -0.2) is 6.54 Å². The molecule has 1 atom stereocenters. The van der Waals surface area contributed by atoms with Crippen LogP contribution in [0.5, 0.6) is 0 Å². The molecule has 0 bridgehead atoms. The maximum atomic E-state index is 3.40. The van der Waals surface area contributed by atoms with E-state index >= 15 is 0 Å². The van der Waals surface area contributed by atoms with Gasteiger partial charge < -0.3 is 5.32 Å². The Morgan fingerprint density at radius 2 is 2.00 bits per heavy atom. The number of nitrogens with one attached hydrogen (secondary N) is 1. The van der Waals surface area contributed by atoms with E-state index in [0.717, 1.165) is 0 Å². The summed E-state index contributed by atoms with van der Waals surface area (Å²) in [4.78, 5) is 0. The minimum absolute atomic E-state index is 0. The van der Waals surface area contributed by atoms with Gasteiger partial charge in [-0.1, -0.05) is 18.2 Å². The summed E-state index contributed by atoms with van der Waals surface area (Å²) in [5.74, 6) is 0. The minimum Gasteiger partial charge on any atom is -0.310 e. The molecule has 0 spiro atoms. The molecule has 0 saturated carbocycles. The van der Waals surface area contributed by atoms with Gasteiger partial charge in [-0.3, -0.25) is 0 Å². The SMILES string of the molecule is Cl.Ic1ccccc1[C@H]1CCN1. The van der Waals surface area contributed by atoms with E-state index in [1.165, 1.54) is 22.1 Å². The van der Waals surface area contributed by atoms with E-state index in [0.29, 0.717) is 6.04 Å². The van der Waals surface area contributed by atoms with Crippen LogP contribution in [0.1, 0.15) is 18.0 Å². The zero-order valence-electron chi connectivity index (χ0n) is 6.59. The topological polar surface area (TPSA) is 12.0 Å². The third-order valence-corrected chi connectivity index (χ3v) is 3.09. The molecular weight excluding hydrogens is 284 g/mol. The number of halogens is 2. The van der Waals surface area contributed by atoms with Crippen LogP contribution in [0.3, 0.4) is 0 Å². The lowest BCUT2D eigenvalue weighted by Gasteiger charge is -2.28. The molecule has 1 aliphatic heterocycles. The Morgan fingerprint density at radius 3 is 2.50 bits per heavy atom. The maximum absolute atomic E-state index is 3.40. The molecule has 3 heteroatoms. The second-order valence-electron chi connectivity index (χ2n) is 2.82. The smallest absolute Gasteiger partial charge is 0.0342 e. The number of benzene rings is 1. The highest BCUT2D eigenvalue weighted by Crippen LogP contribution is 2.26. The number of hydrogen-bond donors (Lipinski definition) is 1. The molecular formula is C9H11ClIN. The van der Waals surface area contributed by atoms with Gasteiger partial charge in [0.1, 0.15) is 0 Å². The van der Waals surface area contributed by atoms with Gasteiger partial charge in [0.05, 0.1) is 0 Å². The lowest BCUT2D eigenvalue weighted by molar-refractivity contribution is 0.382. The van der Waals surface area contributed by atoms with Crippen molar-refractivity contribution in [1.29, 1.82) is 0 Å². The van der Waals surface area contributed by atoms with E-state index in [4.69, 9.17) is 0 Å². The zero-order valence-corrected chi connectivity index (χ0v) is 9.56. The van der Waals surface area contributed by atoms with Gasteiger partial charge in [0.2, 0.25) is 0 Å². The number of rotatable bonds is 1. The summed E-state index contributed by atoms with van der Waals surface area (Å²) in [7, 11) is 0. The molecule has 1 N–H and O–H groups in total. The zero-order chi connectivity index (χ0) is 7.68.